The average molecular weight is 322 g/mol. The van der Waals surface area contributed by atoms with Gasteiger partial charge in [-0.15, -0.1) is 0 Å². The van der Waals surface area contributed by atoms with Gasteiger partial charge < -0.3 is 4.74 Å². The summed E-state index contributed by atoms with van der Waals surface area (Å²) in [5.74, 6) is 0.348. The molecule has 4 rings (SSSR count). The molecule has 0 spiro atoms. The number of allylic oxidation sites excluding steroid dienone is 2. The topological polar surface area (TPSA) is 43.4 Å². The molecular formula is C21H22O3. The molecule has 0 N–H and O–H groups in total. The lowest BCUT2D eigenvalue weighted by molar-refractivity contribution is -0.113. The molecule has 24 heavy (non-hydrogen) atoms. The quantitative estimate of drug-likeness (QED) is 0.571. The van der Waals surface area contributed by atoms with Gasteiger partial charge in [0.25, 0.3) is 0 Å². The first-order valence-electron chi connectivity index (χ1n) is 8.69. The summed E-state index contributed by atoms with van der Waals surface area (Å²) in [4.78, 5) is 25.0. The first kappa shape index (κ1) is 15.4. The normalized spacial score (nSPS) is 28.8. The van der Waals surface area contributed by atoms with Gasteiger partial charge in [-0.3, -0.25) is 9.59 Å². The maximum Gasteiger partial charge on any atom is 0.234 e. The van der Waals surface area contributed by atoms with Crippen molar-refractivity contribution in [3.8, 4) is 0 Å². The van der Waals surface area contributed by atoms with Gasteiger partial charge >= 0.3 is 0 Å². The Bertz CT molecular complexity index is 812. The van der Waals surface area contributed by atoms with E-state index in [-0.39, 0.29) is 17.3 Å². The Balaban J connectivity index is 1.83. The molecule has 0 saturated heterocycles. The minimum atomic E-state index is -0.399. The van der Waals surface area contributed by atoms with Crippen LogP contribution >= 0.6 is 0 Å². The van der Waals surface area contributed by atoms with Gasteiger partial charge in [0.15, 0.2) is 0 Å². The maximum absolute atomic E-state index is 12.6. The molecule has 3 heteroatoms. The Labute approximate surface area is 142 Å². The smallest absolute Gasteiger partial charge is 0.234 e. The van der Waals surface area contributed by atoms with Crippen molar-refractivity contribution in [1.82, 2.24) is 0 Å². The first-order chi connectivity index (χ1) is 11.4. The van der Waals surface area contributed by atoms with Crippen molar-refractivity contribution in [2.24, 2.45) is 11.3 Å². The number of benzene rings is 1. The Hall–Kier alpha value is -2.16. The molecule has 1 heterocycles. The second-order valence-electron chi connectivity index (χ2n) is 7.78. The van der Waals surface area contributed by atoms with Crippen molar-refractivity contribution in [2.75, 3.05) is 0 Å². The third-order valence-corrected chi connectivity index (χ3v) is 5.77. The van der Waals surface area contributed by atoms with Crippen LogP contribution in [0.1, 0.15) is 56.0 Å². The lowest BCUT2D eigenvalue weighted by Crippen LogP contribution is -2.43. The number of ketones is 2. The van der Waals surface area contributed by atoms with Crippen molar-refractivity contribution >= 4 is 17.3 Å². The molecule has 1 aliphatic heterocycles. The van der Waals surface area contributed by atoms with Crippen LogP contribution in [0.4, 0.5) is 0 Å². The number of hydrogen-bond donors (Lipinski definition) is 0. The zero-order valence-electron chi connectivity index (χ0n) is 14.4. The molecule has 2 unspecified atom stereocenters. The summed E-state index contributed by atoms with van der Waals surface area (Å²) in [6, 6.07) is 7.28. The molecule has 2 aliphatic carbocycles. The highest BCUT2D eigenvalue weighted by Gasteiger charge is 2.47. The molecule has 3 nitrogen and oxygen atoms in total. The monoisotopic (exact) mass is 322 g/mol. The average Bonchev–Trinajstić information content (AvgIpc) is 2.57. The fraction of sp³-hybridized carbons (Fsp3) is 0.429. The van der Waals surface area contributed by atoms with Crippen molar-refractivity contribution in [1.29, 1.82) is 0 Å². The maximum atomic E-state index is 12.6. The van der Waals surface area contributed by atoms with E-state index >= 15 is 0 Å². The molecule has 0 aromatic heterocycles. The third-order valence-electron chi connectivity index (χ3n) is 5.77. The summed E-state index contributed by atoms with van der Waals surface area (Å²) >= 11 is 0. The predicted octanol–water partition coefficient (Wildman–Crippen LogP) is 4.33. The largest absolute Gasteiger partial charge is 0.485 e. The van der Waals surface area contributed by atoms with E-state index in [9.17, 15) is 9.59 Å². The van der Waals surface area contributed by atoms with Crippen LogP contribution in [0.3, 0.4) is 0 Å². The third kappa shape index (κ3) is 2.10. The van der Waals surface area contributed by atoms with Gasteiger partial charge in [-0.2, -0.15) is 0 Å². The summed E-state index contributed by atoms with van der Waals surface area (Å²) in [6.07, 6.45) is 4.86. The zero-order chi connectivity index (χ0) is 17.1. The SMILES string of the molecule is CC(C)C1=CC2OC3=C(CC2(C)CC1)C(=O)C(=O)c1ccccc13. The van der Waals surface area contributed by atoms with Crippen LogP contribution in [-0.2, 0) is 9.53 Å². The van der Waals surface area contributed by atoms with Crippen molar-refractivity contribution in [2.45, 2.75) is 46.1 Å². The van der Waals surface area contributed by atoms with Gasteiger partial charge in [-0.05, 0) is 31.3 Å². The fourth-order valence-corrected chi connectivity index (χ4v) is 4.13. The van der Waals surface area contributed by atoms with Gasteiger partial charge in [0.05, 0.1) is 0 Å². The molecule has 0 amide bonds. The number of carbonyl (C=O) groups is 2. The number of carbonyl (C=O) groups excluding carboxylic acids is 2. The molecule has 3 aliphatic rings. The lowest BCUT2D eigenvalue weighted by Gasteiger charge is -2.46. The summed E-state index contributed by atoms with van der Waals surface area (Å²) in [6.45, 7) is 6.59. The van der Waals surface area contributed by atoms with E-state index in [1.54, 1.807) is 12.1 Å². The van der Waals surface area contributed by atoms with E-state index in [4.69, 9.17) is 4.74 Å². The summed E-state index contributed by atoms with van der Waals surface area (Å²) in [5, 5.41) is 0. The van der Waals surface area contributed by atoms with Gasteiger partial charge in [0, 0.05) is 22.1 Å². The van der Waals surface area contributed by atoms with E-state index < -0.39 is 5.78 Å². The molecule has 2 atom stereocenters. The van der Waals surface area contributed by atoms with Crippen LogP contribution in [0.5, 0.6) is 0 Å². The first-order valence-corrected chi connectivity index (χ1v) is 8.69. The Morgan fingerprint density at radius 2 is 1.83 bits per heavy atom. The molecule has 0 bridgehead atoms. The van der Waals surface area contributed by atoms with Crippen molar-refractivity contribution < 1.29 is 14.3 Å². The van der Waals surface area contributed by atoms with Gasteiger partial charge in [0.1, 0.15) is 11.9 Å². The van der Waals surface area contributed by atoms with E-state index in [1.807, 2.05) is 12.1 Å². The molecule has 0 saturated carbocycles. The van der Waals surface area contributed by atoms with E-state index in [1.165, 1.54) is 5.57 Å². The molecule has 124 valence electrons. The molecule has 1 aromatic carbocycles. The molecule has 1 aromatic rings. The second-order valence-corrected chi connectivity index (χ2v) is 7.78. The van der Waals surface area contributed by atoms with Crippen molar-refractivity contribution in [3.05, 3.63) is 52.6 Å². The molecule has 0 radical (unpaired) electrons. The van der Waals surface area contributed by atoms with Crippen LogP contribution in [0.25, 0.3) is 5.76 Å². The summed E-state index contributed by atoms with van der Waals surface area (Å²) in [5.41, 5.74) is 3.12. The standard InChI is InChI=1S/C21H22O3/c1-12(2)13-8-9-21(3)11-16-19(23)18(22)14-6-4-5-7-15(14)20(16)24-17(21)10-13/h4-7,10,12,17H,8-9,11H2,1-3H3. The van der Waals surface area contributed by atoms with E-state index in [2.05, 4.69) is 26.8 Å². The summed E-state index contributed by atoms with van der Waals surface area (Å²) in [7, 11) is 0. The van der Waals surface area contributed by atoms with Crippen LogP contribution in [0.2, 0.25) is 0 Å². The second kappa shape index (κ2) is 5.17. The Morgan fingerprint density at radius 1 is 1.12 bits per heavy atom. The highest BCUT2D eigenvalue weighted by atomic mass is 16.5. The van der Waals surface area contributed by atoms with Gasteiger partial charge in [0.2, 0.25) is 11.6 Å². The van der Waals surface area contributed by atoms with E-state index in [0.717, 1.165) is 18.4 Å². The predicted molar refractivity (Wildman–Crippen MR) is 92.5 cm³/mol. The number of fused-ring (bicyclic) bond motifs is 3. The van der Waals surface area contributed by atoms with Crippen LogP contribution in [-0.4, -0.2) is 17.7 Å². The lowest BCUT2D eigenvalue weighted by atomic mass is 9.66. The molecular weight excluding hydrogens is 300 g/mol. The van der Waals surface area contributed by atoms with E-state index in [0.29, 0.717) is 29.2 Å². The highest BCUT2D eigenvalue weighted by molar-refractivity contribution is 6.52. The highest BCUT2D eigenvalue weighted by Crippen LogP contribution is 2.51. The number of ether oxygens (including phenoxy) is 1. The Kier molecular flexibility index (Phi) is 3.31. The Morgan fingerprint density at radius 3 is 2.54 bits per heavy atom. The fourth-order valence-electron chi connectivity index (χ4n) is 4.13. The number of Topliss-reactive ketones (excluding diaryl/α,β-unsaturated/α-hetero) is 2. The molecule has 0 fully saturated rings. The van der Waals surface area contributed by atoms with Crippen LogP contribution in [0.15, 0.2) is 41.5 Å². The summed E-state index contributed by atoms with van der Waals surface area (Å²) < 4.78 is 6.35. The van der Waals surface area contributed by atoms with Crippen LogP contribution in [0, 0.1) is 11.3 Å². The van der Waals surface area contributed by atoms with Gasteiger partial charge in [-0.25, -0.2) is 0 Å². The van der Waals surface area contributed by atoms with Gasteiger partial charge in [-0.1, -0.05) is 50.6 Å². The van der Waals surface area contributed by atoms with Crippen LogP contribution < -0.4 is 0 Å². The van der Waals surface area contributed by atoms with Crippen molar-refractivity contribution in [3.63, 3.8) is 0 Å². The zero-order valence-corrected chi connectivity index (χ0v) is 14.4. The number of rotatable bonds is 1. The minimum absolute atomic E-state index is 0.0311. The number of hydrogen-bond acceptors (Lipinski definition) is 3. The minimum Gasteiger partial charge on any atom is -0.485 e.